The summed E-state index contributed by atoms with van der Waals surface area (Å²) in [6.45, 7) is 1.15. The summed E-state index contributed by atoms with van der Waals surface area (Å²) in [4.78, 5) is 11.5. The number of halogens is 3. The second-order valence-corrected chi connectivity index (χ2v) is 5.00. The lowest BCUT2D eigenvalue weighted by atomic mass is 10.1. The lowest BCUT2D eigenvalue weighted by molar-refractivity contribution is -0.116. The van der Waals surface area contributed by atoms with Crippen molar-refractivity contribution in [2.75, 3.05) is 6.54 Å². The zero-order chi connectivity index (χ0) is 12.9. The highest BCUT2D eigenvalue weighted by Gasteiger charge is 2.33. The van der Waals surface area contributed by atoms with Crippen LogP contribution in [0.4, 0.5) is 0 Å². The van der Waals surface area contributed by atoms with Crippen LogP contribution in [-0.4, -0.2) is 27.1 Å². The molecule has 0 aromatic rings. The lowest BCUT2D eigenvalue weighted by Crippen LogP contribution is -2.34. The number of alkyl halides is 3. The average Bonchev–Trinajstić information content (AvgIpc) is 2.12. The minimum absolute atomic E-state index is 0.0528. The topological polar surface area (TPSA) is 73.2 Å². The van der Waals surface area contributed by atoms with Gasteiger partial charge in [-0.05, 0) is 6.92 Å². The van der Waals surface area contributed by atoms with E-state index in [2.05, 4.69) is 11.2 Å². The van der Waals surface area contributed by atoms with Crippen LogP contribution in [-0.2, 0) is 4.79 Å². The Morgan fingerprint density at radius 2 is 2.06 bits per heavy atom. The van der Waals surface area contributed by atoms with Gasteiger partial charge in [0.05, 0.1) is 12.3 Å². The molecule has 0 saturated carbocycles. The normalized spacial score (nSPS) is 12.4. The molecule has 0 saturated heterocycles. The zero-order valence-corrected chi connectivity index (χ0v) is 10.5. The van der Waals surface area contributed by atoms with Gasteiger partial charge >= 0.3 is 0 Å². The smallest absolute Gasteiger partial charge is 0.257 e. The molecule has 16 heavy (non-hydrogen) atoms. The molecule has 88 valence electrons. The molecular formula is C9H9Cl3N2O2. The van der Waals surface area contributed by atoms with Gasteiger partial charge < -0.3 is 10.4 Å². The SMILES string of the molecule is C#CCNC(=O)C(C(=N)C(Cl)(Cl)Cl)=C(C)O. The predicted molar refractivity (Wildman–Crippen MR) is 65.2 cm³/mol. The van der Waals surface area contributed by atoms with E-state index in [0.29, 0.717) is 0 Å². The van der Waals surface area contributed by atoms with E-state index in [-0.39, 0.29) is 6.54 Å². The average molecular weight is 284 g/mol. The summed E-state index contributed by atoms with van der Waals surface area (Å²) >= 11 is 16.3. The van der Waals surface area contributed by atoms with Gasteiger partial charge in [-0.2, -0.15) is 0 Å². The van der Waals surface area contributed by atoms with Gasteiger partial charge in [-0.1, -0.05) is 40.7 Å². The summed E-state index contributed by atoms with van der Waals surface area (Å²) in [5.74, 6) is 0.970. The number of carbonyl (C=O) groups excluding carboxylic acids is 1. The molecule has 0 aromatic carbocycles. The molecule has 0 rings (SSSR count). The zero-order valence-electron chi connectivity index (χ0n) is 8.27. The van der Waals surface area contributed by atoms with E-state index in [1.165, 1.54) is 6.92 Å². The number of carbonyl (C=O) groups is 1. The number of rotatable bonds is 3. The fourth-order valence-corrected chi connectivity index (χ4v) is 1.10. The van der Waals surface area contributed by atoms with Gasteiger partial charge in [-0.3, -0.25) is 10.2 Å². The fraction of sp³-hybridized carbons (Fsp3) is 0.333. The van der Waals surface area contributed by atoms with Crippen molar-refractivity contribution in [1.82, 2.24) is 5.32 Å². The lowest BCUT2D eigenvalue weighted by Gasteiger charge is -2.15. The van der Waals surface area contributed by atoms with Gasteiger partial charge in [-0.15, -0.1) is 6.42 Å². The number of hydrogen-bond acceptors (Lipinski definition) is 3. The Kier molecular flexibility index (Phi) is 5.66. The van der Waals surface area contributed by atoms with Crippen LogP contribution in [0, 0.1) is 17.8 Å². The van der Waals surface area contributed by atoms with Crippen molar-refractivity contribution in [2.24, 2.45) is 0 Å². The Morgan fingerprint density at radius 1 is 1.56 bits per heavy atom. The number of terminal acetylenes is 1. The van der Waals surface area contributed by atoms with Gasteiger partial charge in [0.2, 0.25) is 3.79 Å². The highest BCUT2D eigenvalue weighted by molar-refractivity contribution is 6.78. The number of aliphatic hydroxyl groups is 1. The first-order valence-corrected chi connectivity index (χ1v) is 5.12. The second kappa shape index (κ2) is 6.00. The number of hydrogen-bond donors (Lipinski definition) is 3. The molecule has 4 nitrogen and oxygen atoms in total. The summed E-state index contributed by atoms with van der Waals surface area (Å²) in [6.07, 6.45) is 4.94. The van der Waals surface area contributed by atoms with Crippen LogP contribution in [0.25, 0.3) is 0 Å². The van der Waals surface area contributed by atoms with E-state index in [1.807, 2.05) is 0 Å². The second-order valence-electron chi connectivity index (χ2n) is 2.72. The third-order valence-electron chi connectivity index (χ3n) is 1.47. The molecule has 0 fully saturated rings. The Hall–Kier alpha value is -0.890. The maximum Gasteiger partial charge on any atom is 0.257 e. The van der Waals surface area contributed by atoms with E-state index in [0.717, 1.165) is 0 Å². The number of nitrogens with one attached hydrogen (secondary N) is 2. The quantitative estimate of drug-likeness (QED) is 0.243. The van der Waals surface area contributed by atoms with E-state index in [4.69, 9.17) is 46.6 Å². The molecule has 0 heterocycles. The van der Waals surface area contributed by atoms with Crippen LogP contribution in [0.3, 0.4) is 0 Å². The first-order chi connectivity index (χ1) is 7.21. The molecule has 0 spiro atoms. The number of allylic oxidation sites excluding steroid dienone is 1. The molecule has 0 radical (unpaired) electrons. The first-order valence-electron chi connectivity index (χ1n) is 3.99. The largest absolute Gasteiger partial charge is 0.512 e. The Morgan fingerprint density at radius 3 is 2.38 bits per heavy atom. The van der Waals surface area contributed by atoms with Gasteiger partial charge in [-0.25, -0.2) is 0 Å². The maximum atomic E-state index is 11.5. The first kappa shape index (κ1) is 15.1. The molecule has 1 amide bonds. The van der Waals surface area contributed by atoms with E-state index in [1.54, 1.807) is 0 Å². The molecule has 0 aliphatic carbocycles. The Balaban J connectivity index is 5.09. The van der Waals surface area contributed by atoms with E-state index >= 15 is 0 Å². The highest BCUT2D eigenvalue weighted by Crippen LogP contribution is 2.31. The van der Waals surface area contributed by atoms with Gasteiger partial charge in [0, 0.05) is 0 Å². The molecule has 0 atom stereocenters. The van der Waals surface area contributed by atoms with E-state index in [9.17, 15) is 9.90 Å². The minimum Gasteiger partial charge on any atom is -0.512 e. The van der Waals surface area contributed by atoms with Crippen molar-refractivity contribution in [3.63, 3.8) is 0 Å². The Bertz CT molecular complexity index is 373. The Labute approximate surface area is 108 Å². The van der Waals surface area contributed by atoms with Crippen molar-refractivity contribution in [2.45, 2.75) is 10.7 Å². The molecule has 0 unspecified atom stereocenters. The standard InChI is InChI=1S/C9H9Cl3N2O2/c1-3-4-14-8(16)6(5(2)15)7(13)9(10,11)12/h1,13,15H,4H2,2H3,(H,14,16). The van der Waals surface area contributed by atoms with Crippen molar-refractivity contribution >= 4 is 46.4 Å². The molecule has 0 aliphatic heterocycles. The van der Waals surface area contributed by atoms with Crippen LogP contribution in [0.5, 0.6) is 0 Å². The highest BCUT2D eigenvalue weighted by atomic mass is 35.6. The number of aliphatic hydroxyl groups excluding tert-OH is 1. The monoisotopic (exact) mass is 282 g/mol. The van der Waals surface area contributed by atoms with Crippen LogP contribution in [0.15, 0.2) is 11.3 Å². The summed E-state index contributed by atoms with van der Waals surface area (Å²) in [6, 6.07) is 0. The van der Waals surface area contributed by atoms with Crippen LogP contribution >= 0.6 is 34.8 Å². The fourth-order valence-electron chi connectivity index (χ4n) is 0.820. The molecule has 0 aliphatic rings. The maximum absolute atomic E-state index is 11.5. The minimum atomic E-state index is -2.09. The molecule has 0 bridgehead atoms. The van der Waals surface area contributed by atoms with Crippen LogP contribution in [0.2, 0.25) is 0 Å². The van der Waals surface area contributed by atoms with Crippen molar-refractivity contribution in [1.29, 1.82) is 5.41 Å². The summed E-state index contributed by atoms with van der Waals surface area (Å²) in [7, 11) is 0. The van der Waals surface area contributed by atoms with Gasteiger partial charge in [0.25, 0.3) is 5.91 Å². The van der Waals surface area contributed by atoms with Crippen molar-refractivity contribution in [3.8, 4) is 12.3 Å². The number of amides is 1. The molecule has 3 N–H and O–H groups in total. The summed E-state index contributed by atoms with van der Waals surface area (Å²) in [5.41, 5.74) is -1.03. The van der Waals surface area contributed by atoms with Crippen molar-refractivity contribution in [3.05, 3.63) is 11.3 Å². The molecular weight excluding hydrogens is 274 g/mol. The molecule has 0 aromatic heterocycles. The van der Waals surface area contributed by atoms with Crippen molar-refractivity contribution < 1.29 is 9.90 Å². The van der Waals surface area contributed by atoms with Crippen LogP contribution in [0.1, 0.15) is 6.92 Å². The predicted octanol–water partition coefficient (Wildman–Crippen LogP) is 1.96. The third-order valence-corrected chi connectivity index (χ3v) is 2.04. The van der Waals surface area contributed by atoms with Crippen LogP contribution < -0.4 is 5.32 Å². The van der Waals surface area contributed by atoms with Gasteiger partial charge in [0.1, 0.15) is 11.3 Å². The summed E-state index contributed by atoms with van der Waals surface area (Å²) in [5, 5.41) is 19.0. The molecule has 7 heteroatoms. The van der Waals surface area contributed by atoms with E-state index < -0.39 is 26.7 Å². The summed E-state index contributed by atoms with van der Waals surface area (Å²) < 4.78 is -2.09. The third kappa shape index (κ3) is 4.31. The van der Waals surface area contributed by atoms with Gasteiger partial charge in [0.15, 0.2) is 0 Å².